The van der Waals surface area contributed by atoms with E-state index in [1.54, 1.807) is 10.9 Å². The molecule has 1 fully saturated rings. The van der Waals surface area contributed by atoms with Gasteiger partial charge in [-0.15, -0.1) is 0 Å². The fourth-order valence-corrected chi connectivity index (χ4v) is 2.60. The topological polar surface area (TPSA) is 110 Å². The molecule has 2 atom stereocenters. The number of H-pyrrole nitrogens is 1. The number of aliphatic hydroxyl groups excluding tert-OH is 1. The zero-order valence-electron chi connectivity index (χ0n) is 9.83. The molecule has 0 radical (unpaired) electrons. The second-order valence-electron chi connectivity index (χ2n) is 4.69. The maximum atomic E-state index is 11.7. The molecule has 7 nitrogen and oxygen atoms in total. The van der Waals surface area contributed by atoms with E-state index in [-0.39, 0.29) is 23.1 Å². The van der Waals surface area contributed by atoms with Crippen LogP contribution in [0.2, 0.25) is 0 Å². The number of rotatable bonds is 1. The van der Waals surface area contributed by atoms with Crippen molar-refractivity contribution in [2.75, 3.05) is 5.73 Å². The van der Waals surface area contributed by atoms with Crippen LogP contribution >= 0.6 is 0 Å². The monoisotopic (exact) mass is 249 g/mol. The molecule has 18 heavy (non-hydrogen) atoms. The number of anilines is 1. The van der Waals surface area contributed by atoms with Crippen molar-refractivity contribution < 1.29 is 5.11 Å². The molecule has 7 heteroatoms. The number of nitrogens with zero attached hydrogens (tertiary/aromatic N) is 3. The second-order valence-corrected chi connectivity index (χ2v) is 4.69. The van der Waals surface area contributed by atoms with Crippen molar-refractivity contribution in [3.8, 4) is 0 Å². The van der Waals surface area contributed by atoms with Gasteiger partial charge in [-0.05, 0) is 12.8 Å². The van der Waals surface area contributed by atoms with Gasteiger partial charge in [-0.1, -0.05) is 12.8 Å². The van der Waals surface area contributed by atoms with Crippen LogP contribution in [0.5, 0.6) is 0 Å². The van der Waals surface area contributed by atoms with Gasteiger partial charge in [0.05, 0.1) is 18.5 Å². The lowest BCUT2D eigenvalue weighted by molar-refractivity contribution is 0.0770. The molecule has 0 aliphatic heterocycles. The van der Waals surface area contributed by atoms with Gasteiger partial charge in [-0.3, -0.25) is 9.78 Å². The van der Waals surface area contributed by atoms with Crippen molar-refractivity contribution in [1.29, 1.82) is 0 Å². The molecule has 96 valence electrons. The van der Waals surface area contributed by atoms with Gasteiger partial charge in [0.15, 0.2) is 11.2 Å². The summed E-state index contributed by atoms with van der Waals surface area (Å²) < 4.78 is 1.77. The number of hydrogen-bond acceptors (Lipinski definition) is 5. The lowest BCUT2D eigenvalue weighted by Gasteiger charge is -2.28. The highest BCUT2D eigenvalue weighted by Crippen LogP contribution is 2.30. The van der Waals surface area contributed by atoms with Crippen LogP contribution in [0.3, 0.4) is 0 Å². The lowest BCUT2D eigenvalue weighted by atomic mass is 9.92. The first kappa shape index (κ1) is 11.2. The second kappa shape index (κ2) is 4.09. The van der Waals surface area contributed by atoms with Gasteiger partial charge in [-0.2, -0.15) is 4.98 Å². The Morgan fingerprint density at radius 2 is 2.22 bits per heavy atom. The highest BCUT2D eigenvalue weighted by molar-refractivity contribution is 5.70. The van der Waals surface area contributed by atoms with Crippen LogP contribution in [0.15, 0.2) is 11.1 Å². The number of aromatic nitrogens is 4. The number of hydrogen-bond donors (Lipinski definition) is 3. The Balaban J connectivity index is 2.14. The molecule has 1 aliphatic carbocycles. The number of imidazole rings is 1. The predicted octanol–water partition coefficient (Wildman–Crippen LogP) is 0.178. The van der Waals surface area contributed by atoms with Crippen molar-refractivity contribution >= 4 is 17.1 Å². The van der Waals surface area contributed by atoms with Crippen molar-refractivity contribution in [1.82, 2.24) is 19.5 Å². The Labute approximate surface area is 103 Å². The molecule has 1 aliphatic rings. The van der Waals surface area contributed by atoms with Gasteiger partial charge in [0.2, 0.25) is 5.95 Å². The third-order valence-electron chi connectivity index (χ3n) is 3.50. The van der Waals surface area contributed by atoms with Crippen LogP contribution in [0.25, 0.3) is 11.2 Å². The molecule has 1 saturated carbocycles. The standard InChI is InChI=1S/C11H15N5O2/c12-11-14-9-8(10(18)15-11)13-5-16(9)6-3-1-2-4-7(6)17/h5-7,17H,1-4H2,(H3,12,14,15,18)/t6-,7+/m0/s1. The third-order valence-corrected chi connectivity index (χ3v) is 3.50. The minimum atomic E-state index is -0.418. The van der Waals surface area contributed by atoms with E-state index in [4.69, 9.17) is 5.73 Å². The Kier molecular flexibility index (Phi) is 2.55. The molecule has 0 spiro atoms. The van der Waals surface area contributed by atoms with E-state index in [1.807, 2.05) is 0 Å². The molecule has 2 aromatic rings. The van der Waals surface area contributed by atoms with Crippen LogP contribution < -0.4 is 11.3 Å². The molecule has 2 heterocycles. The van der Waals surface area contributed by atoms with Gasteiger partial charge < -0.3 is 15.4 Å². The van der Waals surface area contributed by atoms with Crippen LogP contribution in [0, 0.1) is 0 Å². The smallest absolute Gasteiger partial charge is 0.280 e. The van der Waals surface area contributed by atoms with Gasteiger partial charge in [0, 0.05) is 0 Å². The van der Waals surface area contributed by atoms with E-state index in [0.29, 0.717) is 5.65 Å². The van der Waals surface area contributed by atoms with Crippen molar-refractivity contribution in [3.63, 3.8) is 0 Å². The molecule has 0 saturated heterocycles. The molecule has 0 amide bonds. The van der Waals surface area contributed by atoms with Crippen LogP contribution in [0.4, 0.5) is 5.95 Å². The zero-order valence-corrected chi connectivity index (χ0v) is 9.83. The average molecular weight is 249 g/mol. The van der Waals surface area contributed by atoms with Gasteiger partial charge in [0.1, 0.15) is 0 Å². The lowest BCUT2D eigenvalue weighted by Crippen LogP contribution is -2.27. The van der Waals surface area contributed by atoms with E-state index in [9.17, 15) is 9.90 Å². The first-order valence-corrected chi connectivity index (χ1v) is 6.07. The average Bonchev–Trinajstić information content (AvgIpc) is 2.73. The summed E-state index contributed by atoms with van der Waals surface area (Å²) in [4.78, 5) is 22.3. The molecule has 3 rings (SSSR count). The van der Waals surface area contributed by atoms with Gasteiger partial charge in [-0.25, -0.2) is 4.98 Å². The molecular weight excluding hydrogens is 234 g/mol. The first-order valence-electron chi connectivity index (χ1n) is 6.07. The summed E-state index contributed by atoms with van der Waals surface area (Å²) in [6.45, 7) is 0. The molecular formula is C11H15N5O2. The van der Waals surface area contributed by atoms with E-state index >= 15 is 0 Å². The van der Waals surface area contributed by atoms with E-state index < -0.39 is 6.10 Å². The summed E-state index contributed by atoms with van der Waals surface area (Å²) in [5.74, 6) is 0.0690. The predicted molar refractivity (Wildman–Crippen MR) is 66.1 cm³/mol. The highest BCUT2D eigenvalue weighted by Gasteiger charge is 2.26. The maximum Gasteiger partial charge on any atom is 0.280 e. The Hall–Kier alpha value is -1.89. The van der Waals surface area contributed by atoms with Gasteiger partial charge >= 0.3 is 0 Å². The Bertz CT molecular complexity index is 632. The number of aliphatic hydroxyl groups is 1. The highest BCUT2D eigenvalue weighted by atomic mass is 16.3. The summed E-state index contributed by atoms with van der Waals surface area (Å²) in [7, 11) is 0. The van der Waals surface area contributed by atoms with Crippen molar-refractivity contribution in [2.24, 2.45) is 0 Å². The Morgan fingerprint density at radius 3 is 3.00 bits per heavy atom. The minimum Gasteiger partial charge on any atom is -0.391 e. The SMILES string of the molecule is Nc1nc2c(ncn2[C@H]2CCCC[C@H]2O)c(=O)[nH]1. The molecule has 0 unspecified atom stereocenters. The summed E-state index contributed by atoms with van der Waals surface area (Å²) in [6, 6.07) is -0.0718. The summed E-state index contributed by atoms with van der Waals surface area (Å²) in [5.41, 5.74) is 5.91. The van der Waals surface area contributed by atoms with Crippen LogP contribution in [-0.4, -0.2) is 30.7 Å². The van der Waals surface area contributed by atoms with E-state index in [1.165, 1.54) is 0 Å². The fraction of sp³-hybridized carbons (Fsp3) is 0.545. The number of aromatic amines is 1. The zero-order chi connectivity index (χ0) is 12.7. The molecule has 2 aromatic heterocycles. The summed E-state index contributed by atoms with van der Waals surface area (Å²) in [5, 5.41) is 10.0. The molecule has 4 N–H and O–H groups in total. The number of nitrogens with one attached hydrogen (secondary N) is 1. The summed E-state index contributed by atoms with van der Waals surface area (Å²) in [6.07, 6.45) is 4.86. The Morgan fingerprint density at radius 1 is 1.44 bits per heavy atom. The van der Waals surface area contributed by atoms with Crippen molar-refractivity contribution in [2.45, 2.75) is 37.8 Å². The van der Waals surface area contributed by atoms with Crippen molar-refractivity contribution in [3.05, 3.63) is 16.7 Å². The minimum absolute atomic E-state index is 0.0690. The molecule has 0 aromatic carbocycles. The fourth-order valence-electron chi connectivity index (χ4n) is 2.60. The summed E-state index contributed by atoms with van der Waals surface area (Å²) >= 11 is 0. The van der Waals surface area contributed by atoms with E-state index in [2.05, 4.69) is 15.0 Å². The first-order chi connectivity index (χ1) is 8.66. The van der Waals surface area contributed by atoms with Gasteiger partial charge in [0.25, 0.3) is 5.56 Å². The van der Waals surface area contributed by atoms with Crippen LogP contribution in [-0.2, 0) is 0 Å². The quantitative estimate of drug-likeness (QED) is 0.667. The molecule has 0 bridgehead atoms. The maximum absolute atomic E-state index is 11.7. The normalized spacial score (nSPS) is 24.5. The van der Waals surface area contributed by atoms with Crippen LogP contribution in [0.1, 0.15) is 31.7 Å². The largest absolute Gasteiger partial charge is 0.391 e. The number of nitrogens with two attached hydrogens (primary N) is 1. The van der Waals surface area contributed by atoms with E-state index in [0.717, 1.165) is 25.7 Å². The number of nitrogen functional groups attached to an aromatic ring is 1. The number of fused-ring (bicyclic) bond motifs is 1. The third kappa shape index (κ3) is 1.67.